The van der Waals surface area contributed by atoms with E-state index in [4.69, 9.17) is 0 Å². The third-order valence-electron chi connectivity index (χ3n) is 3.64. The Kier molecular flexibility index (Phi) is 6.56. The van der Waals surface area contributed by atoms with Crippen molar-refractivity contribution < 1.29 is 18.0 Å². The first-order valence-corrected chi connectivity index (χ1v) is 8.69. The second-order valence-electron chi connectivity index (χ2n) is 5.77. The van der Waals surface area contributed by atoms with Crippen molar-refractivity contribution in [3.63, 3.8) is 0 Å². The molecule has 0 N–H and O–H groups in total. The zero-order chi connectivity index (χ0) is 20.9. The lowest BCUT2D eigenvalue weighted by Crippen LogP contribution is -2.22. The smallest absolute Gasteiger partial charge is 0.343 e. The van der Waals surface area contributed by atoms with Crippen LogP contribution in [0.4, 0.5) is 13.2 Å². The number of hydrogen-bond donors (Lipinski definition) is 0. The van der Waals surface area contributed by atoms with E-state index in [1.807, 2.05) is 13.8 Å². The molecule has 8 heteroatoms. The van der Waals surface area contributed by atoms with Gasteiger partial charge in [0, 0.05) is 14.1 Å². The minimum atomic E-state index is -4.59. The second kappa shape index (κ2) is 8.69. The molecule has 0 saturated heterocycles. The van der Waals surface area contributed by atoms with Crippen molar-refractivity contribution in [1.82, 2.24) is 19.7 Å². The van der Waals surface area contributed by atoms with Gasteiger partial charge in [-0.15, -0.1) is 0 Å². The van der Waals surface area contributed by atoms with Crippen LogP contribution in [-0.4, -0.2) is 39.7 Å². The molecule has 3 rings (SSSR count). The van der Waals surface area contributed by atoms with Crippen LogP contribution in [0, 0.1) is 0 Å². The van der Waals surface area contributed by atoms with Crippen LogP contribution < -0.4 is 0 Å². The number of benzene rings is 1. The highest BCUT2D eigenvalue weighted by Crippen LogP contribution is 2.33. The number of carbonyl (C=O) groups is 1. The van der Waals surface area contributed by atoms with Crippen LogP contribution in [0.15, 0.2) is 54.6 Å². The Balaban J connectivity index is 0.00000136. The van der Waals surface area contributed by atoms with Crippen LogP contribution in [0.25, 0.3) is 17.1 Å². The monoisotopic (exact) mass is 390 g/mol. The molecular formula is C20H21F3N4O. The number of nitrogens with zero attached hydrogens (tertiary/aromatic N) is 4. The molecule has 148 valence electrons. The fraction of sp³-hybridized carbons (Fsp3) is 0.250. The summed E-state index contributed by atoms with van der Waals surface area (Å²) in [4.78, 5) is 17.5. The Hall–Kier alpha value is -3.16. The predicted molar refractivity (Wildman–Crippen MR) is 101 cm³/mol. The number of amides is 1. The van der Waals surface area contributed by atoms with Crippen LogP contribution in [-0.2, 0) is 6.18 Å². The summed E-state index contributed by atoms with van der Waals surface area (Å²) in [5.74, 6) is -0.342. The minimum Gasteiger partial charge on any atom is -0.343 e. The third kappa shape index (κ3) is 4.57. The van der Waals surface area contributed by atoms with Gasteiger partial charge in [-0.3, -0.25) is 4.79 Å². The van der Waals surface area contributed by atoms with Crippen molar-refractivity contribution in [1.29, 1.82) is 0 Å². The molecule has 0 aliphatic rings. The van der Waals surface area contributed by atoms with E-state index < -0.39 is 11.9 Å². The number of rotatable bonds is 3. The highest BCUT2D eigenvalue weighted by atomic mass is 19.4. The predicted octanol–water partition coefficient (Wildman–Crippen LogP) is 4.68. The first-order valence-electron chi connectivity index (χ1n) is 8.69. The summed E-state index contributed by atoms with van der Waals surface area (Å²) in [6, 6.07) is 13.6. The van der Waals surface area contributed by atoms with Crippen LogP contribution >= 0.6 is 0 Å². The van der Waals surface area contributed by atoms with Crippen LogP contribution in [0.5, 0.6) is 0 Å². The van der Waals surface area contributed by atoms with Gasteiger partial charge >= 0.3 is 6.18 Å². The van der Waals surface area contributed by atoms with Gasteiger partial charge in [-0.1, -0.05) is 38.1 Å². The van der Waals surface area contributed by atoms with E-state index in [9.17, 15) is 18.0 Å². The lowest BCUT2D eigenvalue weighted by atomic mass is 10.2. The summed E-state index contributed by atoms with van der Waals surface area (Å²) in [6.45, 7) is 4.00. The van der Waals surface area contributed by atoms with Gasteiger partial charge in [-0.05, 0) is 30.3 Å². The van der Waals surface area contributed by atoms with Gasteiger partial charge in [-0.25, -0.2) is 9.67 Å². The Morgan fingerprint density at radius 1 is 0.964 bits per heavy atom. The van der Waals surface area contributed by atoms with Crippen molar-refractivity contribution in [3.8, 4) is 17.1 Å². The fourth-order valence-corrected chi connectivity index (χ4v) is 2.40. The van der Waals surface area contributed by atoms with Gasteiger partial charge in [0.2, 0.25) is 0 Å². The van der Waals surface area contributed by atoms with Crippen molar-refractivity contribution in [2.75, 3.05) is 14.1 Å². The van der Waals surface area contributed by atoms with E-state index in [0.29, 0.717) is 0 Å². The van der Waals surface area contributed by atoms with Gasteiger partial charge < -0.3 is 4.90 Å². The SMILES string of the molecule is CC.CN(C)C(=O)c1cccc(-c2cc(C(F)(F)F)n(-c3ccccc3)n2)n1. The molecule has 0 aliphatic carbocycles. The average molecular weight is 390 g/mol. The van der Waals surface area contributed by atoms with Crippen molar-refractivity contribution in [3.05, 3.63) is 66.0 Å². The molecule has 0 atom stereocenters. The molecule has 0 unspecified atom stereocenters. The lowest BCUT2D eigenvalue weighted by molar-refractivity contribution is -0.142. The standard InChI is InChI=1S/C18H15F3N4O.C2H6/c1-24(2)17(26)14-10-6-9-13(22-14)15-11-16(18(19,20)21)25(23-15)12-7-4-3-5-8-12;1-2/h3-11H,1-2H3;1-2H3. The molecule has 0 aliphatic heterocycles. The maximum Gasteiger partial charge on any atom is 0.433 e. The summed E-state index contributed by atoms with van der Waals surface area (Å²) in [7, 11) is 3.14. The molecule has 0 radical (unpaired) electrons. The summed E-state index contributed by atoms with van der Waals surface area (Å²) in [6.07, 6.45) is -4.59. The first-order chi connectivity index (χ1) is 13.3. The van der Waals surface area contributed by atoms with E-state index in [1.165, 1.54) is 29.2 Å². The quantitative estimate of drug-likeness (QED) is 0.652. The molecule has 0 bridgehead atoms. The van der Waals surface area contributed by atoms with Crippen molar-refractivity contribution in [2.24, 2.45) is 0 Å². The van der Waals surface area contributed by atoms with Crippen molar-refractivity contribution in [2.45, 2.75) is 20.0 Å². The van der Waals surface area contributed by atoms with Gasteiger partial charge in [0.15, 0.2) is 0 Å². The third-order valence-corrected chi connectivity index (χ3v) is 3.64. The van der Waals surface area contributed by atoms with E-state index in [0.717, 1.165) is 10.7 Å². The molecule has 0 fully saturated rings. The molecule has 2 aromatic heterocycles. The van der Waals surface area contributed by atoms with Crippen LogP contribution in [0.3, 0.4) is 0 Å². The normalized spacial score (nSPS) is 10.8. The molecule has 1 aromatic carbocycles. The summed E-state index contributed by atoms with van der Waals surface area (Å²) >= 11 is 0. The Labute approximate surface area is 161 Å². The van der Waals surface area contributed by atoms with Crippen LogP contribution in [0.1, 0.15) is 30.0 Å². The molecule has 3 aromatic rings. The van der Waals surface area contributed by atoms with Crippen molar-refractivity contribution >= 4 is 5.91 Å². The van der Waals surface area contributed by atoms with E-state index in [2.05, 4.69) is 10.1 Å². The molecule has 0 saturated carbocycles. The molecule has 1 amide bonds. The topological polar surface area (TPSA) is 51.0 Å². The second-order valence-corrected chi connectivity index (χ2v) is 5.77. The number of halogens is 3. The Bertz CT molecular complexity index is 934. The summed E-state index contributed by atoms with van der Waals surface area (Å²) < 4.78 is 41.1. The molecular weight excluding hydrogens is 369 g/mol. The first kappa shape index (κ1) is 21.1. The lowest BCUT2D eigenvalue weighted by Gasteiger charge is -2.09. The number of alkyl halides is 3. The maximum atomic E-state index is 13.4. The number of carbonyl (C=O) groups excluding carboxylic acids is 1. The highest BCUT2D eigenvalue weighted by Gasteiger charge is 2.36. The van der Waals surface area contributed by atoms with E-state index in [-0.39, 0.29) is 28.7 Å². The van der Waals surface area contributed by atoms with Gasteiger partial charge in [0.05, 0.1) is 11.4 Å². The molecule has 5 nitrogen and oxygen atoms in total. The van der Waals surface area contributed by atoms with E-state index in [1.54, 1.807) is 38.4 Å². The summed E-state index contributed by atoms with van der Waals surface area (Å²) in [5.41, 5.74) is -0.265. The zero-order valence-corrected chi connectivity index (χ0v) is 16.0. The summed E-state index contributed by atoms with van der Waals surface area (Å²) in [5, 5.41) is 4.07. The Morgan fingerprint density at radius 3 is 2.18 bits per heavy atom. The largest absolute Gasteiger partial charge is 0.433 e. The number of hydrogen-bond acceptors (Lipinski definition) is 3. The number of pyridine rings is 1. The van der Waals surface area contributed by atoms with Gasteiger partial charge in [-0.2, -0.15) is 18.3 Å². The van der Waals surface area contributed by atoms with Crippen LogP contribution in [0.2, 0.25) is 0 Å². The molecule has 2 heterocycles. The number of para-hydroxylation sites is 1. The number of aromatic nitrogens is 3. The minimum absolute atomic E-state index is 0.0367. The zero-order valence-electron chi connectivity index (χ0n) is 16.0. The average Bonchev–Trinajstić information content (AvgIpc) is 3.16. The fourth-order valence-electron chi connectivity index (χ4n) is 2.40. The van der Waals surface area contributed by atoms with Gasteiger partial charge in [0.1, 0.15) is 17.1 Å². The Morgan fingerprint density at radius 2 is 1.61 bits per heavy atom. The molecule has 28 heavy (non-hydrogen) atoms. The van der Waals surface area contributed by atoms with Gasteiger partial charge in [0.25, 0.3) is 5.91 Å². The van der Waals surface area contributed by atoms with E-state index >= 15 is 0 Å². The maximum absolute atomic E-state index is 13.4. The molecule has 0 spiro atoms. The highest BCUT2D eigenvalue weighted by molar-refractivity contribution is 5.92.